The highest BCUT2D eigenvalue weighted by Gasteiger charge is 2.19. The number of aliphatic hydroxyl groups excluding tert-OH is 1. The summed E-state index contributed by atoms with van der Waals surface area (Å²) in [6, 6.07) is -0.112. The topological polar surface area (TPSA) is 125 Å². The first-order valence-electron chi connectivity index (χ1n) is 5.33. The molecule has 1 heterocycles. The molecule has 1 atom stereocenters. The molecule has 2 amide bonds. The molecule has 100 valence electrons. The van der Waals surface area contributed by atoms with Gasteiger partial charge in [-0.05, 0) is 6.92 Å². The fraction of sp³-hybridized carbons (Fsp3) is 0.500. The van der Waals surface area contributed by atoms with Gasteiger partial charge in [-0.1, -0.05) is 5.16 Å². The van der Waals surface area contributed by atoms with Crippen LogP contribution in [0.2, 0.25) is 0 Å². The van der Waals surface area contributed by atoms with Crippen LogP contribution >= 0.6 is 0 Å². The standard InChI is InChI=1S/C10H15N3O5/c1-6-4-7(18-13-6)5-11-10(17)12-8(2-3-14)9(15)16/h4,8,14H,2-3,5H2,1H3,(H,15,16)(H2,11,12,17). The van der Waals surface area contributed by atoms with Crippen LogP contribution in [0.15, 0.2) is 10.6 Å². The molecule has 1 rings (SSSR count). The van der Waals surface area contributed by atoms with Gasteiger partial charge < -0.3 is 25.4 Å². The first-order chi connectivity index (χ1) is 8.52. The fourth-order valence-corrected chi connectivity index (χ4v) is 1.26. The van der Waals surface area contributed by atoms with Crippen molar-refractivity contribution in [2.24, 2.45) is 0 Å². The van der Waals surface area contributed by atoms with E-state index in [-0.39, 0.29) is 19.6 Å². The quantitative estimate of drug-likeness (QED) is 0.550. The van der Waals surface area contributed by atoms with E-state index < -0.39 is 18.0 Å². The molecule has 0 radical (unpaired) electrons. The maximum Gasteiger partial charge on any atom is 0.326 e. The van der Waals surface area contributed by atoms with Gasteiger partial charge in [0.1, 0.15) is 6.04 Å². The molecule has 0 fully saturated rings. The van der Waals surface area contributed by atoms with Gasteiger partial charge in [-0.3, -0.25) is 0 Å². The number of aliphatic hydroxyl groups is 1. The Morgan fingerprint density at radius 2 is 2.28 bits per heavy atom. The van der Waals surface area contributed by atoms with Gasteiger partial charge in [0.25, 0.3) is 0 Å². The largest absolute Gasteiger partial charge is 0.480 e. The average molecular weight is 257 g/mol. The number of aromatic nitrogens is 1. The summed E-state index contributed by atoms with van der Waals surface area (Å²) in [4.78, 5) is 22.1. The molecule has 18 heavy (non-hydrogen) atoms. The first kappa shape index (κ1) is 14.0. The van der Waals surface area contributed by atoms with E-state index in [1.165, 1.54) is 0 Å². The van der Waals surface area contributed by atoms with E-state index in [1.54, 1.807) is 13.0 Å². The third kappa shape index (κ3) is 4.42. The summed E-state index contributed by atoms with van der Waals surface area (Å²) >= 11 is 0. The summed E-state index contributed by atoms with van der Waals surface area (Å²) in [7, 11) is 0. The second kappa shape index (κ2) is 6.60. The Balaban J connectivity index is 2.38. The minimum absolute atomic E-state index is 0.0514. The number of carbonyl (C=O) groups is 2. The molecule has 1 aromatic heterocycles. The van der Waals surface area contributed by atoms with E-state index in [0.717, 1.165) is 0 Å². The van der Waals surface area contributed by atoms with E-state index in [9.17, 15) is 9.59 Å². The van der Waals surface area contributed by atoms with Crippen LogP contribution in [0.25, 0.3) is 0 Å². The molecule has 8 heteroatoms. The molecule has 1 aromatic rings. The smallest absolute Gasteiger partial charge is 0.326 e. The minimum atomic E-state index is -1.20. The van der Waals surface area contributed by atoms with E-state index >= 15 is 0 Å². The molecule has 0 spiro atoms. The number of aliphatic carboxylic acids is 1. The zero-order valence-corrected chi connectivity index (χ0v) is 9.84. The molecular weight excluding hydrogens is 242 g/mol. The fourth-order valence-electron chi connectivity index (χ4n) is 1.26. The van der Waals surface area contributed by atoms with Crippen LogP contribution in [0.1, 0.15) is 17.9 Å². The predicted molar refractivity (Wildman–Crippen MR) is 59.7 cm³/mol. The van der Waals surface area contributed by atoms with Crippen molar-refractivity contribution in [3.63, 3.8) is 0 Å². The van der Waals surface area contributed by atoms with Crippen molar-refractivity contribution in [3.8, 4) is 0 Å². The van der Waals surface area contributed by atoms with Gasteiger partial charge in [0, 0.05) is 19.1 Å². The Kier molecular flexibility index (Phi) is 5.12. The Hall–Kier alpha value is -2.09. The van der Waals surface area contributed by atoms with Crippen molar-refractivity contribution in [3.05, 3.63) is 17.5 Å². The van der Waals surface area contributed by atoms with E-state index in [4.69, 9.17) is 14.7 Å². The minimum Gasteiger partial charge on any atom is -0.480 e. The Morgan fingerprint density at radius 1 is 1.56 bits per heavy atom. The van der Waals surface area contributed by atoms with Crippen molar-refractivity contribution < 1.29 is 24.3 Å². The summed E-state index contributed by atoms with van der Waals surface area (Å²) in [5.74, 6) is -0.730. The predicted octanol–water partition coefficient (Wildman–Crippen LogP) is -0.382. The maximum absolute atomic E-state index is 11.4. The van der Waals surface area contributed by atoms with Crippen molar-refractivity contribution in [2.45, 2.75) is 25.9 Å². The molecule has 0 saturated carbocycles. The number of carbonyl (C=O) groups excluding carboxylic acids is 1. The van der Waals surface area contributed by atoms with Crippen LogP contribution in [0, 0.1) is 6.92 Å². The van der Waals surface area contributed by atoms with Crippen LogP contribution in [-0.4, -0.2) is 40.0 Å². The molecule has 1 unspecified atom stereocenters. The number of nitrogens with zero attached hydrogens (tertiary/aromatic N) is 1. The number of carboxylic acids is 1. The van der Waals surface area contributed by atoms with Gasteiger partial charge in [0.2, 0.25) is 0 Å². The summed E-state index contributed by atoms with van der Waals surface area (Å²) in [6.45, 7) is 1.53. The van der Waals surface area contributed by atoms with Crippen molar-refractivity contribution in [2.75, 3.05) is 6.61 Å². The highest BCUT2D eigenvalue weighted by atomic mass is 16.5. The summed E-state index contributed by atoms with van der Waals surface area (Å²) in [6.07, 6.45) is -0.0514. The summed E-state index contributed by atoms with van der Waals surface area (Å²) in [5, 5.41) is 25.7. The summed E-state index contributed by atoms with van der Waals surface area (Å²) in [5.41, 5.74) is 0.691. The average Bonchev–Trinajstić information content (AvgIpc) is 2.72. The lowest BCUT2D eigenvalue weighted by Gasteiger charge is -2.13. The Bertz CT molecular complexity index is 417. The molecule has 8 nitrogen and oxygen atoms in total. The Labute approximate surface area is 103 Å². The van der Waals surface area contributed by atoms with Crippen LogP contribution in [0.3, 0.4) is 0 Å². The molecule has 0 saturated heterocycles. The van der Waals surface area contributed by atoms with Gasteiger partial charge in [-0.2, -0.15) is 0 Å². The molecule has 0 aliphatic heterocycles. The monoisotopic (exact) mass is 257 g/mol. The highest BCUT2D eigenvalue weighted by molar-refractivity contribution is 5.82. The third-order valence-corrected chi connectivity index (χ3v) is 2.12. The van der Waals surface area contributed by atoms with Crippen LogP contribution in [-0.2, 0) is 11.3 Å². The van der Waals surface area contributed by atoms with Crippen molar-refractivity contribution in [1.82, 2.24) is 15.8 Å². The number of amides is 2. The van der Waals surface area contributed by atoms with Crippen LogP contribution < -0.4 is 10.6 Å². The van der Waals surface area contributed by atoms with E-state index in [0.29, 0.717) is 11.5 Å². The molecule has 0 bridgehead atoms. The second-order valence-electron chi connectivity index (χ2n) is 3.66. The highest BCUT2D eigenvalue weighted by Crippen LogP contribution is 2.01. The van der Waals surface area contributed by atoms with Gasteiger partial charge >= 0.3 is 12.0 Å². The lowest BCUT2D eigenvalue weighted by Crippen LogP contribution is -2.46. The number of hydrogen-bond acceptors (Lipinski definition) is 5. The lowest BCUT2D eigenvalue weighted by molar-refractivity contribution is -0.139. The zero-order chi connectivity index (χ0) is 13.5. The van der Waals surface area contributed by atoms with Gasteiger partial charge in [-0.15, -0.1) is 0 Å². The maximum atomic E-state index is 11.4. The lowest BCUT2D eigenvalue weighted by atomic mass is 10.2. The van der Waals surface area contributed by atoms with Gasteiger partial charge in [0.15, 0.2) is 5.76 Å². The van der Waals surface area contributed by atoms with Gasteiger partial charge in [-0.25, -0.2) is 9.59 Å². The molecular formula is C10H15N3O5. The Morgan fingerprint density at radius 3 is 2.78 bits per heavy atom. The molecule has 0 aliphatic rings. The number of aryl methyl sites for hydroxylation is 1. The van der Waals surface area contributed by atoms with Crippen LogP contribution in [0.5, 0.6) is 0 Å². The number of hydrogen-bond donors (Lipinski definition) is 4. The first-order valence-corrected chi connectivity index (χ1v) is 5.33. The number of nitrogens with one attached hydrogen (secondary N) is 2. The van der Waals surface area contributed by atoms with Gasteiger partial charge in [0.05, 0.1) is 12.2 Å². The third-order valence-electron chi connectivity index (χ3n) is 2.12. The molecule has 4 N–H and O–H groups in total. The summed E-state index contributed by atoms with van der Waals surface area (Å²) < 4.78 is 4.87. The van der Waals surface area contributed by atoms with Crippen molar-refractivity contribution >= 4 is 12.0 Å². The van der Waals surface area contributed by atoms with Crippen LogP contribution in [0.4, 0.5) is 4.79 Å². The number of carboxylic acid groups (broad SMARTS) is 1. The molecule has 0 aromatic carbocycles. The zero-order valence-electron chi connectivity index (χ0n) is 9.84. The van der Waals surface area contributed by atoms with Crippen molar-refractivity contribution in [1.29, 1.82) is 0 Å². The second-order valence-corrected chi connectivity index (χ2v) is 3.66. The van der Waals surface area contributed by atoms with E-state index in [1.807, 2.05) is 0 Å². The van der Waals surface area contributed by atoms with E-state index in [2.05, 4.69) is 15.8 Å². The SMILES string of the molecule is Cc1cc(CNC(=O)NC(CCO)C(=O)O)on1. The normalized spacial score (nSPS) is 11.9. The number of urea groups is 1. The molecule has 0 aliphatic carbocycles. The number of rotatable bonds is 6.